The second-order valence-electron chi connectivity index (χ2n) is 7.47. The van der Waals surface area contributed by atoms with Crippen LogP contribution in [0.4, 0.5) is 0 Å². The van der Waals surface area contributed by atoms with Crippen molar-refractivity contribution in [1.82, 2.24) is 19.6 Å². The van der Waals surface area contributed by atoms with E-state index in [2.05, 4.69) is 35.1 Å². The van der Waals surface area contributed by atoms with Crippen LogP contribution in [0.25, 0.3) is 0 Å². The van der Waals surface area contributed by atoms with Crippen molar-refractivity contribution in [2.45, 2.75) is 25.4 Å². The first kappa shape index (κ1) is 18.6. The topological polar surface area (TPSA) is 67.4 Å². The number of aryl methyl sites for hydroxylation is 1. The number of hydrogen-bond acceptors (Lipinski definition) is 4. The molecule has 1 aliphatic heterocycles. The van der Waals surface area contributed by atoms with Crippen LogP contribution in [0.3, 0.4) is 0 Å². The van der Waals surface area contributed by atoms with Gasteiger partial charge in [0.25, 0.3) is 0 Å². The number of amides is 1. The summed E-state index contributed by atoms with van der Waals surface area (Å²) in [5.74, 6) is 0.188. The number of hydrogen-bond donors (Lipinski definition) is 1. The second kappa shape index (κ2) is 8.01. The summed E-state index contributed by atoms with van der Waals surface area (Å²) in [5.41, 5.74) is 8.35. The maximum Gasteiger partial charge on any atom is 0.248 e. The number of carbonyl (C=O) groups excluding carboxylic acids is 1. The van der Waals surface area contributed by atoms with Crippen molar-refractivity contribution in [2.24, 2.45) is 18.7 Å². The molecule has 140 valence electrons. The zero-order valence-corrected chi connectivity index (χ0v) is 15.9. The number of nitrogens with two attached hydrogens (primary N) is 1. The number of likely N-dealkylation sites (tertiary alicyclic amines) is 1. The normalized spacial score (nSPS) is 21.2. The number of benzene rings is 1. The lowest BCUT2D eigenvalue weighted by Gasteiger charge is -2.40. The third-order valence-corrected chi connectivity index (χ3v) is 5.41. The van der Waals surface area contributed by atoms with Crippen molar-refractivity contribution in [1.29, 1.82) is 0 Å². The molecule has 1 aliphatic rings. The Hall–Kier alpha value is -2.18. The Morgan fingerprint density at radius 1 is 1.27 bits per heavy atom. The SMILES string of the molecule is CN(Cc1ccc(C(N)=O)cc1)C[C@@H]1CCCN(C)[C@H]1c1ccnn1C. The Labute approximate surface area is 155 Å². The van der Waals surface area contributed by atoms with Crippen molar-refractivity contribution < 1.29 is 4.79 Å². The first-order valence-corrected chi connectivity index (χ1v) is 9.21. The minimum Gasteiger partial charge on any atom is -0.366 e. The van der Waals surface area contributed by atoms with Crippen LogP contribution in [0.15, 0.2) is 36.5 Å². The average Bonchev–Trinajstić information content (AvgIpc) is 3.01. The van der Waals surface area contributed by atoms with Gasteiger partial charge in [-0.2, -0.15) is 5.10 Å². The lowest BCUT2D eigenvalue weighted by molar-refractivity contribution is 0.0873. The molecule has 2 heterocycles. The molecule has 1 aromatic heterocycles. The van der Waals surface area contributed by atoms with Crippen molar-refractivity contribution in [3.63, 3.8) is 0 Å². The van der Waals surface area contributed by atoms with Gasteiger partial charge in [0.15, 0.2) is 0 Å². The molecule has 0 unspecified atom stereocenters. The molecule has 1 saturated heterocycles. The highest BCUT2D eigenvalue weighted by atomic mass is 16.1. The van der Waals surface area contributed by atoms with Crippen LogP contribution in [-0.2, 0) is 13.6 Å². The van der Waals surface area contributed by atoms with Gasteiger partial charge < -0.3 is 10.6 Å². The third kappa shape index (κ3) is 4.14. The van der Waals surface area contributed by atoms with Gasteiger partial charge in [-0.3, -0.25) is 14.4 Å². The van der Waals surface area contributed by atoms with Crippen LogP contribution < -0.4 is 5.73 Å². The molecule has 6 nitrogen and oxygen atoms in total. The minimum atomic E-state index is -0.380. The molecule has 0 bridgehead atoms. The van der Waals surface area contributed by atoms with Crippen LogP contribution >= 0.6 is 0 Å². The van der Waals surface area contributed by atoms with Crippen LogP contribution in [0, 0.1) is 5.92 Å². The molecule has 0 aliphatic carbocycles. The summed E-state index contributed by atoms with van der Waals surface area (Å²) < 4.78 is 2.00. The van der Waals surface area contributed by atoms with Crippen LogP contribution in [0.1, 0.15) is 40.5 Å². The standard InChI is InChI=1S/C20H29N5O/c1-23(13-15-6-8-16(9-7-15)20(21)26)14-17-5-4-12-24(2)19(17)18-10-11-22-25(18)3/h6-11,17,19H,4-5,12-14H2,1-3H3,(H2,21,26)/t17-,19+/m0/s1. The predicted octanol–water partition coefficient (Wildman–Crippen LogP) is 2.03. The predicted molar refractivity (Wildman–Crippen MR) is 103 cm³/mol. The van der Waals surface area contributed by atoms with E-state index in [1.807, 2.05) is 30.1 Å². The molecule has 1 amide bonds. The molecule has 0 spiro atoms. The molecule has 0 radical (unpaired) electrons. The molecular formula is C20H29N5O. The van der Waals surface area contributed by atoms with Crippen LogP contribution in [0.2, 0.25) is 0 Å². The molecule has 3 rings (SSSR count). The van der Waals surface area contributed by atoms with Crippen molar-refractivity contribution >= 4 is 5.91 Å². The minimum absolute atomic E-state index is 0.380. The van der Waals surface area contributed by atoms with Gasteiger partial charge in [0.1, 0.15) is 0 Å². The number of nitrogens with zero attached hydrogens (tertiary/aromatic N) is 4. The molecule has 2 N–H and O–H groups in total. The molecular weight excluding hydrogens is 326 g/mol. The van der Waals surface area contributed by atoms with E-state index in [0.29, 0.717) is 17.5 Å². The summed E-state index contributed by atoms with van der Waals surface area (Å²) in [7, 11) is 6.40. The third-order valence-electron chi connectivity index (χ3n) is 5.41. The first-order chi connectivity index (χ1) is 12.5. The number of primary amides is 1. The van der Waals surface area contributed by atoms with Gasteiger partial charge in [0.2, 0.25) is 5.91 Å². The van der Waals surface area contributed by atoms with E-state index in [1.165, 1.54) is 24.1 Å². The highest BCUT2D eigenvalue weighted by molar-refractivity contribution is 5.92. The van der Waals surface area contributed by atoms with Gasteiger partial charge in [-0.1, -0.05) is 12.1 Å². The molecule has 6 heteroatoms. The van der Waals surface area contributed by atoms with E-state index >= 15 is 0 Å². The highest BCUT2D eigenvalue weighted by Gasteiger charge is 2.32. The van der Waals surface area contributed by atoms with Gasteiger partial charge in [-0.15, -0.1) is 0 Å². The lowest BCUT2D eigenvalue weighted by atomic mass is 9.87. The van der Waals surface area contributed by atoms with Gasteiger partial charge in [-0.25, -0.2) is 0 Å². The first-order valence-electron chi connectivity index (χ1n) is 9.21. The largest absolute Gasteiger partial charge is 0.366 e. The fourth-order valence-electron chi connectivity index (χ4n) is 4.14. The summed E-state index contributed by atoms with van der Waals surface area (Å²) >= 11 is 0. The fourth-order valence-corrected chi connectivity index (χ4v) is 4.14. The Bertz CT molecular complexity index is 739. The Kier molecular flexibility index (Phi) is 5.74. The smallest absolute Gasteiger partial charge is 0.248 e. The van der Waals surface area contributed by atoms with Crippen molar-refractivity contribution in [2.75, 3.05) is 27.2 Å². The van der Waals surface area contributed by atoms with E-state index in [1.54, 1.807) is 12.1 Å². The second-order valence-corrected chi connectivity index (χ2v) is 7.47. The zero-order valence-electron chi connectivity index (χ0n) is 15.9. The van der Waals surface area contributed by atoms with E-state index in [0.717, 1.165) is 19.6 Å². The fraction of sp³-hybridized carbons (Fsp3) is 0.500. The molecule has 1 fully saturated rings. The summed E-state index contributed by atoms with van der Waals surface area (Å²) in [4.78, 5) is 16.0. The van der Waals surface area contributed by atoms with Gasteiger partial charge in [0, 0.05) is 31.9 Å². The monoisotopic (exact) mass is 355 g/mol. The van der Waals surface area contributed by atoms with Crippen LogP contribution in [-0.4, -0.2) is 52.7 Å². The molecule has 1 aromatic carbocycles. The Morgan fingerprint density at radius 2 is 2.00 bits per heavy atom. The highest BCUT2D eigenvalue weighted by Crippen LogP contribution is 2.35. The molecule has 0 saturated carbocycles. The van der Waals surface area contributed by atoms with E-state index in [9.17, 15) is 4.79 Å². The van der Waals surface area contributed by atoms with Crippen molar-refractivity contribution in [3.8, 4) is 0 Å². The lowest BCUT2D eigenvalue weighted by Crippen LogP contribution is -2.41. The molecule has 2 aromatic rings. The van der Waals surface area contributed by atoms with Gasteiger partial charge >= 0.3 is 0 Å². The van der Waals surface area contributed by atoms with Gasteiger partial charge in [0.05, 0.1) is 11.7 Å². The summed E-state index contributed by atoms with van der Waals surface area (Å²) in [5, 5.41) is 4.37. The number of aromatic nitrogens is 2. The maximum atomic E-state index is 11.2. The molecule has 2 atom stereocenters. The van der Waals surface area contributed by atoms with Crippen molar-refractivity contribution in [3.05, 3.63) is 53.3 Å². The van der Waals surface area contributed by atoms with Gasteiger partial charge in [-0.05, 0) is 63.2 Å². The summed E-state index contributed by atoms with van der Waals surface area (Å²) in [6, 6.07) is 10.1. The molecule has 26 heavy (non-hydrogen) atoms. The maximum absolute atomic E-state index is 11.2. The number of carbonyl (C=O) groups is 1. The number of rotatable bonds is 6. The zero-order chi connectivity index (χ0) is 18.7. The van der Waals surface area contributed by atoms with E-state index in [-0.39, 0.29) is 5.91 Å². The van der Waals surface area contributed by atoms with Crippen LogP contribution in [0.5, 0.6) is 0 Å². The quantitative estimate of drug-likeness (QED) is 0.861. The number of piperidine rings is 1. The van der Waals surface area contributed by atoms with E-state index in [4.69, 9.17) is 5.73 Å². The Morgan fingerprint density at radius 3 is 2.62 bits per heavy atom. The average molecular weight is 355 g/mol. The summed E-state index contributed by atoms with van der Waals surface area (Å²) in [6.45, 7) is 3.01. The Balaban J connectivity index is 1.67. The van der Waals surface area contributed by atoms with E-state index < -0.39 is 0 Å². The summed E-state index contributed by atoms with van der Waals surface area (Å²) in [6.07, 6.45) is 4.35.